The summed E-state index contributed by atoms with van der Waals surface area (Å²) >= 11 is 0. The molecule has 0 radical (unpaired) electrons. The van der Waals surface area contributed by atoms with E-state index < -0.39 is 5.60 Å². The highest BCUT2D eigenvalue weighted by Crippen LogP contribution is 2.16. The molecule has 0 aliphatic carbocycles. The van der Waals surface area contributed by atoms with Crippen LogP contribution in [-0.4, -0.2) is 48.8 Å². The molecule has 0 spiro atoms. The second kappa shape index (κ2) is 7.99. The van der Waals surface area contributed by atoms with Crippen LogP contribution < -0.4 is 11.1 Å². The molecule has 1 atom stereocenters. The van der Waals surface area contributed by atoms with Crippen molar-refractivity contribution in [2.45, 2.75) is 59.1 Å². The van der Waals surface area contributed by atoms with Crippen molar-refractivity contribution in [3.8, 4) is 0 Å². The van der Waals surface area contributed by atoms with Gasteiger partial charge in [-0.15, -0.1) is 0 Å². The summed E-state index contributed by atoms with van der Waals surface area (Å²) in [5, 5.41) is 3.60. The zero-order valence-electron chi connectivity index (χ0n) is 14.3. The van der Waals surface area contributed by atoms with E-state index in [0.717, 1.165) is 39.0 Å². The first kappa shape index (κ1) is 18.2. The number of ether oxygens (including phenoxy) is 1. The molecule has 1 amide bonds. The second-order valence-electron chi connectivity index (χ2n) is 7.39. The smallest absolute Gasteiger partial charge is 0.410 e. The number of hydrogen-bond acceptors (Lipinski definition) is 4. The van der Waals surface area contributed by atoms with Crippen molar-refractivity contribution in [3.63, 3.8) is 0 Å². The molecule has 124 valence electrons. The van der Waals surface area contributed by atoms with E-state index >= 15 is 0 Å². The molecule has 1 heterocycles. The minimum atomic E-state index is -0.419. The van der Waals surface area contributed by atoms with Crippen LogP contribution in [0.25, 0.3) is 0 Å². The van der Waals surface area contributed by atoms with Gasteiger partial charge < -0.3 is 20.7 Å². The maximum absolute atomic E-state index is 12.0. The summed E-state index contributed by atoms with van der Waals surface area (Å²) in [6.07, 6.45) is 1.77. The number of carbonyl (C=O) groups is 1. The van der Waals surface area contributed by atoms with E-state index in [4.69, 9.17) is 10.5 Å². The minimum Gasteiger partial charge on any atom is -0.444 e. The Kier molecular flexibility index (Phi) is 6.94. The molecule has 21 heavy (non-hydrogen) atoms. The minimum absolute atomic E-state index is 0.192. The summed E-state index contributed by atoms with van der Waals surface area (Å²) < 4.78 is 5.41. The van der Waals surface area contributed by atoms with Gasteiger partial charge in [0, 0.05) is 19.1 Å². The van der Waals surface area contributed by atoms with Crippen LogP contribution in [0.2, 0.25) is 0 Å². The lowest BCUT2D eigenvalue weighted by atomic mass is 9.95. The summed E-state index contributed by atoms with van der Waals surface area (Å²) in [6, 6.07) is 0.483. The first-order valence-corrected chi connectivity index (χ1v) is 8.14. The van der Waals surface area contributed by atoms with Crippen molar-refractivity contribution in [2.24, 2.45) is 17.6 Å². The number of nitrogens with zero attached hydrogens (tertiary/aromatic N) is 1. The van der Waals surface area contributed by atoms with Crippen LogP contribution in [0.4, 0.5) is 4.79 Å². The number of nitrogens with two attached hydrogens (primary N) is 1. The Hall–Kier alpha value is -0.810. The van der Waals surface area contributed by atoms with Crippen molar-refractivity contribution < 1.29 is 9.53 Å². The Morgan fingerprint density at radius 2 is 1.90 bits per heavy atom. The van der Waals surface area contributed by atoms with Crippen LogP contribution in [-0.2, 0) is 4.74 Å². The van der Waals surface area contributed by atoms with Crippen LogP contribution in [0, 0.1) is 11.8 Å². The van der Waals surface area contributed by atoms with E-state index in [2.05, 4.69) is 19.2 Å². The molecular formula is C16H33N3O2. The van der Waals surface area contributed by atoms with Crippen molar-refractivity contribution >= 4 is 6.09 Å². The SMILES string of the molecule is CC(C)C(CN)CNC1CCN(C(=O)OC(C)(C)C)CC1. The fourth-order valence-electron chi connectivity index (χ4n) is 2.50. The number of likely N-dealkylation sites (tertiary alicyclic amines) is 1. The Labute approximate surface area is 129 Å². The lowest BCUT2D eigenvalue weighted by Gasteiger charge is -2.34. The van der Waals surface area contributed by atoms with Gasteiger partial charge in [0.1, 0.15) is 5.60 Å². The summed E-state index contributed by atoms with van der Waals surface area (Å²) in [5.41, 5.74) is 5.38. The lowest BCUT2D eigenvalue weighted by Crippen LogP contribution is -2.48. The second-order valence-corrected chi connectivity index (χ2v) is 7.39. The summed E-state index contributed by atoms with van der Waals surface area (Å²) in [6.45, 7) is 13.3. The van der Waals surface area contributed by atoms with Gasteiger partial charge >= 0.3 is 6.09 Å². The topological polar surface area (TPSA) is 67.6 Å². The van der Waals surface area contributed by atoms with Gasteiger partial charge in [-0.25, -0.2) is 4.79 Å². The van der Waals surface area contributed by atoms with Gasteiger partial charge in [0.05, 0.1) is 0 Å². The zero-order valence-corrected chi connectivity index (χ0v) is 14.3. The predicted molar refractivity (Wildman–Crippen MR) is 86.2 cm³/mol. The van der Waals surface area contributed by atoms with Gasteiger partial charge in [-0.1, -0.05) is 13.8 Å². The Bertz CT molecular complexity index is 318. The van der Waals surface area contributed by atoms with Crippen LogP contribution in [0.3, 0.4) is 0 Å². The highest BCUT2D eigenvalue weighted by molar-refractivity contribution is 5.68. The molecule has 1 aliphatic heterocycles. The van der Waals surface area contributed by atoms with Crippen molar-refractivity contribution in [1.82, 2.24) is 10.2 Å². The van der Waals surface area contributed by atoms with E-state index in [1.54, 1.807) is 0 Å². The number of hydrogen-bond donors (Lipinski definition) is 2. The van der Waals surface area contributed by atoms with Gasteiger partial charge in [0.2, 0.25) is 0 Å². The van der Waals surface area contributed by atoms with Crippen LogP contribution in [0.15, 0.2) is 0 Å². The molecule has 1 aliphatic rings. The van der Waals surface area contributed by atoms with E-state index in [1.807, 2.05) is 25.7 Å². The fourth-order valence-corrected chi connectivity index (χ4v) is 2.50. The van der Waals surface area contributed by atoms with Gasteiger partial charge in [-0.2, -0.15) is 0 Å². The molecule has 1 unspecified atom stereocenters. The first-order chi connectivity index (χ1) is 9.73. The van der Waals surface area contributed by atoms with Crippen LogP contribution >= 0.6 is 0 Å². The van der Waals surface area contributed by atoms with Crippen LogP contribution in [0.5, 0.6) is 0 Å². The molecule has 0 aromatic rings. The van der Waals surface area contributed by atoms with E-state index in [1.165, 1.54) is 0 Å². The fraction of sp³-hybridized carbons (Fsp3) is 0.938. The molecule has 5 nitrogen and oxygen atoms in total. The maximum Gasteiger partial charge on any atom is 0.410 e. The van der Waals surface area contributed by atoms with E-state index in [0.29, 0.717) is 17.9 Å². The van der Waals surface area contributed by atoms with Crippen LogP contribution in [0.1, 0.15) is 47.5 Å². The normalized spacial score (nSPS) is 18.9. The first-order valence-electron chi connectivity index (χ1n) is 8.14. The van der Waals surface area contributed by atoms with E-state index in [9.17, 15) is 4.79 Å². The average Bonchev–Trinajstić information content (AvgIpc) is 2.37. The molecule has 0 aromatic heterocycles. The third kappa shape index (κ3) is 6.66. The zero-order chi connectivity index (χ0) is 16.0. The highest BCUT2D eigenvalue weighted by atomic mass is 16.6. The summed E-state index contributed by atoms with van der Waals surface area (Å²) in [4.78, 5) is 13.8. The number of rotatable bonds is 5. The number of amides is 1. The average molecular weight is 299 g/mol. The van der Waals surface area contributed by atoms with Crippen molar-refractivity contribution in [1.29, 1.82) is 0 Å². The quantitative estimate of drug-likeness (QED) is 0.817. The summed E-state index contributed by atoms with van der Waals surface area (Å²) in [5.74, 6) is 1.12. The third-order valence-electron chi connectivity index (χ3n) is 4.06. The standard InChI is InChI=1S/C16H33N3O2/c1-12(2)13(10-17)11-18-14-6-8-19(9-7-14)15(20)21-16(3,4)5/h12-14,18H,6-11,17H2,1-5H3. The Balaban J connectivity index is 2.30. The summed E-state index contributed by atoms with van der Waals surface area (Å²) in [7, 11) is 0. The monoisotopic (exact) mass is 299 g/mol. The van der Waals surface area contributed by atoms with Crippen molar-refractivity contribution in [2.75, 3.05) is 26.2 Å². The molecule has 3 N–H and O–H groups in total. The van der Waals surface area contributed by atoms with Gasteiger partial charge in [-0.05, 0) is 58.5 Å². The van der Waals surface area contributed by atoms with E-state index in [-0.39, 0.29) is 6.09 Å². The molecular weight excluding hydrogens is 266 g/mol. The molecule has 0 bridgehead atoms. The molecule has 0 aromatic carbocycles. The predicted octanol–water partition coefficient (Wildman–Crippen LogP) is 2.21. The number of nitrogens with one attached hydrogen (secondary N) is 1. The molecule has 1 fully saturated rings. The number of carbonyl (C=O) groups excluding carboxylic acids is 1. The van der Waals surface area contributed by atoms with Gasteiger partial charge in [0.15, 0.2) is 0 Å². The maximum atomic E-state index is 12.0. The third-order valence-corrected chi connectivity index (χ3v) is 4.06. The van der Waals surface area contributed by atoms with Crippen molar-refractivity contribution in [3.05, 3.63) is 0 Å². The van der Waals surface area contributed by atoms with Gasteiger partial charge in [0.25, 0.3) is 0 Å². The molecule has 5 heteroatoms. The largest absolute Gasteiger partial charge is 0.444 e. The lowest BCUT2D eigenvalue weighted by molar-refractivity contribution is 0.0197. The Morgan fingerprint density at radius 3 is 2.33 bits per heavy atom. The molecule has 1 rings (SSSR count). The number of piperidine rings is 1. The Morgan fingerprint density at radius 1 is 1.33 bits per heavy atom. The highest BCUT2D eigenvalue weighted by Gasteiger charge is 2.27. The van der Waals surface area contributed by atoms with Gasteiger partial charge in [-0.3, -0.25) is 0 Å². The molecule has 1 saturated heterocycles. The molecule has 0 saturated carbocycles.